The summed E-state index contributed by atoms with van der Waals surface area (Å²) in [5.41, 5.74) is 4.46. The van der Waals surface area contributed by atoms with Crippen LogP contribution in [0, 0.1) is 0 Å². The molecule has 0 unspecified atom stereocenters. The maximum atomic E-state index is 12.7. The number of aryl methyl sites for hydroxylation is 1. The Morgan fingerprint density at radius 3 is 2.42 bits per heavy atom. The van der Waals surface area contributed by atoms with Crippen molar-refractivity contribution in [2.45, 2.75) is 74.4 Å². The van der Waals surface area contributed by atoms with Gasteiger partial charge in [-0.05, 0) is 85.2 Å². The van der Waals surface area contributed by atoms with Gasteiger partial charge >= 0.3 is 0 Å². The maximum Gasteiger partial charge on any atom is 0.181 e. The van der Waals surface area contributed by atoms with Gasteiger partial charge in [0.25, 0.3) is 0 Å². The zero-order chi connectivity index (χ0) is 28.4. The Labute approximate surface area is 237 Å². The molecule has 8 heteroatoms. The SMILES string of the molecule is O=S(=O)(c1ccc(CCCOCc2cccc(CCNC[C@H](O)c3ccc(O)c(CO)c3)c2)cc1)C1CCCC1. The summed E-state index contributed by atoms with van der Waals surface area (Å²) >= 11 is 0. The van der Waals surface area contributed by atoms with Gasteiger partial charge in [0, 0.05) is 18.7 Å². The van der Waals surface area contributed by atoms with E-state index in [2.05, 4.69) is 17.4 Å². The molecule has 0 aromatic heterocycles. The molecule has 1 aliphatic rings. The molecule has 40 heavy (non-hydrogen) atoms. The lowest BCUT2D eigenvalue weighted by Crippen LogP contribution is -2.23. The summed E-state index contributed by atoms with van der Waals surface area (Å²) in [4.78, 5) is 0.444. The molecule has 7 nitrogen and oxygen atoms in total. The first-order valence-corrected chi connectivity index (χ1v) is 15.7. The van der Waals surface area contributed by atoms with Crippen LogP contribution in [0.4, 0.5) is 0 Å². The quantitative estimate of drug-likeness (QED) is 0.198. The topological polar surface area (TPSA) is 116 Å². The van der Waals surface area contributed by atoms with E-state index in [1.54, 1.807) is 24.3 Å². The first-order valence-electron chi connectivity index (χ1n) is 14.2. The molecule has 0 spiro atoms. The molecule has 216 valence electrons. The molecule has 0 radical (unpaired) electrons. The first-order chi connectivity index (χ1) is 19.4. The van der Waals surface area contributed by atoms with Gasteiger partial charge in [-0.3, -0.25) is 0 Å². The van der Waals surface area contributed by atoms with Crippen molar-refractivity contribution in [1.29, 1.82) is 0 Å². The number of benzene rings is 3. The van der Waals surface area contributed by atoms with Crippen molar-refractivity contribution in [3.8, 4) is 5.75 Å². The van der Waals surface area contributed by atoms with Gasteiger partial charge in [-0.25, -0.2) is 8.42 Å². The van der Waals surface area contributed by atoms with Crippen LogP contribution in [0.1, 0.15) is 66.0 Å². The zero-order valence-corrected chi connectivity index (χ0v) is 23.8. The van der Waals surface area contributed by atoms with E-state index in [0.717, 1.165) is 56.1 Å². The molecule has 4 rings (SSSR count). The number of hydrogen-bond donors (Lipinski definition) is 4. The van der Waals surface area contributed by atoms with Crippen molar-refractivity contribution < 1.29 is 28.5 Å². The minimum absolute atomic E-state index is 0.0223. The van der Waals surface area contributed by atoms with Crippen LogP contribution in [0.3, 0.4) is 0 Å². The number of hydrogen-bond acceptors (Lipinski definition) is 7. The summed E-state index contributed by atoms with van der Waals surface area (Å²) in [5.74, 6) is 0.0223. The standard InChI is InChI=1S/C32H41NO6S/c34-22-28-20-27(12-15-31(28)35)32(36)21-33-17-16-25-5-3-6-26(19-25)23-39-18-4-7-24-10-13-30(14-11-24)40(37,38)29-8-1-2-9-29/h3,5-6,10-15,19-20,29,32-36H,1-2,4,7-9,16-18,21-23H2/t32-/m0/s1. The van der Waals surface area contributed by atoms with Crippen LogP contribution < -0.4 is 5.32 Å². The molecule has 1 atom stereocenters. The van der Waals surface area contributed by atoms with Crippen LogP contribution in [-0.4, -0.2) is 48.7 Å². The second-order valence-electron chi connectivity index (χ2n) is 10.6. The van der Waals surface area contributed by atoms with Gasteiger partial charge in [-0.2, -0.15) is 0 Å². The third-order valence-corrected chi connectivity index (χ3v) is 9.87. The third kappa shape index (κ3) is 8.38. The average Bonchev–Trinajstić information content (AvgIpc) is 3.52. The Morgan fingerprint density at radius 2 is 1.68 bits per heavy atom. The minimum atomic E-state index is -3.20. The Bertz CT molecular complexity index is 1320. The van der Waals surface area contributed by atoms with Crippen LogP contribution in [0.25, 0.3) is 0 Å². The molecule has 0 amide bonds. The summed E-state index contributed by atoms with van der Waals surface area (Å²) in [6, 6.07) is 20.4. The molecule has 0 aliphatic heterocycles. The van der Waals surface area contributed by atoms with Crippen molar-refractivity contribution in [2.75, 3.05) is 19.7 Å². The van der Waals surface area contributed by atoms with Gasteiger partial charge in [0.1, 0.15) is 5.75 Å². The van der Waals surface area contributed by atoms with E-state index in [1.165, 1.54) is 11.6 Å². The molecule has 3 aromatic carbocycles. The lowest BCUT2D eigenvalue weighted by atomic mass is 10.0. The predicted molar refractivity (Wildman–Crippen MR) is 156 cm³/mol. The highest BCUT2D eigenvalue weighted by atomic mass is 32.2. The highest BCUT2D eigenvalue weighted by molar-refractivity contribution is 7.92. The van der Waals surface area contributed by atoms with E-state index in [4.69, 9.17) is 4.74 Å². The fraction of sp³-hybridized carbons (Fsp3) is 0.438. The zero-order valence-electron chi connectivity index (χ0n) is 23.0. The Balaban J connectivity index is 1.13. The molecular weight excluding hydrogens is 526 g/mol. The maximum absolute atomic E-state index is 12.7. The smallest absolute Gasteiger partial charge is 0.181 e. The Kier molecular flexibility index (Phi) is 11.1. The Hall–Kier alpha value is -2.75. The summed E-state index contributed by atoms with van der Waals surface area (Å²) in [6.07, 6.45) is 5.35. The summed E-state index contributed by atoms with van der Waals surface area (Å²) in [6.45, 7) is 1.96. The second-order valence-corrected chi connectivity index (χ2v) is 12.8. The van der Waals surface area contributed by atoms with E-state index in [1.807, 2.05) is 24.3 Å². The van der Waals surface area contributed by atoms with Gasteiger partial charge in [-0.15, -0.1) is 0 Å². The van der Waals surface area contributed by atoms with E-state index in [0.29, 0.717) is 42.3 Å². The number of ether oxygens (including phenoxy) is 1. The van der Waals surface area contributed by atoms with Gasteiger partial charge in [-0.1, -0.05) is 55.3 Å². The van der Waals surface area contributed by atoms with Crippen LogP contribution in [0.5, 0.6) is 5.75 Å². The van der Waals surface area contributed by atoms with Gasteiger partial charge in [0.15, 0.2) is 9.84 Å². The summed E-state index contributed by atoms with van der Waals surface area (Å²) in [5, 5.41) is 32.4. The van der Waals surface area contributed by atoms with Gasteiger partial charge in [0.2, 0.25) is 0 Å². The van der Waals surface area contributed by atoms with Crippen molar-refractivity contribution in [1.82, 2.24) is 5.32 Å². The summed E-state index contributed by atoms with van der Waals surface area (Å²) < 4.78 is 31.4. The monoisotopic (exact) mass is 567 g/mol. The highest BCUT2D eigenvalue weighted by Gasteiger charge is 2.30. The van der Waals surface area contributed by atoms with E-state index in [9.17, 15) is 23.7 Å². The second kappa shape index (κ2) is 14.8. The lowest BCUT2D eigenvalue weighted by Gasteiger charge is -2.14. The largest absolute Gasteiger partial charge is 0.508 e. The van der Waals surface area contributed by atoms with E-state index in [-0.39, 0.29) is 17.6 Å². The number of phenols is 1. The van der Waals surface area contributed by atoms with E-state index >= 15 is 0 Å². The molecule has 4 N–H and O–H groups in total. The average molecular weight is 568 g/mol. The molecule has 1 aliphatic carbocycles. The number of rotatable bonds is 15. The van der Waals surface area contributed by atoms with Crippen LogP contribution >= 0.6 is 0 Å². The number of aromatic hydroxyl groups is 1. The van der Waals surface area contributed by atoms with Crippen LogP contribution in [0.2, 0.25) is 0 Å². The predicted octanol–water partition coefficient (Wildman–Crippen LogP) is 4.62. The fourth-order valence-electron chi connectivity index (χ4n) is 5.21. The third-order valence-electron chi connectivity index (χ3n) is 7.59. The molecular formula is C32H41NO6S. The Morgan fingerprint density at radius 1 is 0.925 bits per heavy atom. The molecule has 1 fully saturated rings. The van der Waals surface area contributed by atoms with Crippen molar-refractivity contribution >= 4 is 9.84 Å². The number of sulfone groups is 1. The van der Waals surface area contributed by atoms with Crippen LogP contribution in [0.15, 0.2) is 71.6 Å². The summed E-state index contributed by atoms with van der Waals surface area (Å²) in [7, 11) is -3.20. The number of aliphatic hydroxyl groups excluding tert-OH is 2. The van der Waals surface area contributed by atoms with Gasteiger partial charge < -0.3 is 25.4 Å². The van der Waals surface area contributed by atoms with Crippen molar-refractivity contribution in [3.63, 3.8) is 0 Å². The number of aliphatic hydroxyl groups is 2. The molecule has 3 aromatic rings. The fourth-order valence-corrected chi connectivity index (χ4v) is 7.06. The highest BCUT2D eigenvalue weighted by Crippen LogP contribution is 2.29. The van der Waals surface area contributed by atoms with Crippen LogP contribution in [-0.2, 0) is 40.6 Å². The molecule has 0 saturated heterocycles. The van der Waals surface area contributed by atoms with Gasteiger partial charge in [0.05, 0.1) is 29.5 Å². The molecule has 0 bridgehead atoms. The number of nitrogens with one attached hydrogen (secondary N) is 1. The first kappa shape index (κ1) is 30.2. The normalized spacial score (nSPS) is 14.9. The molecule has 1 saturated carbocycles. The minimum Gasteiger partial charge on any atom is -0.508 e. The molecule has 0 heterocycles. The van der Waals surface area contributed by atoms with Crippen molar-refractivity contribution in [2.24, 2.45) is 0 Å². The lowest BCUT2D eigenvalue weighted by molar-refractivity contribution is 0.118. The van der Waals surface area contributed by atoms with Crippen molar-refractivity contribution in [3.05, 3.63) is 94.5 Å². The van der Waals surface area contributed by atoms with E-state index < -0.39 is 15.9 Å².